The van der Waals surface area contributed by atoms with Gasteiger partial charge >= 0.3 is 0 Å². The normalized spacial score (nSPS) is 22.2. The minimum absolute atomic E-state index is 0.161. The zero-order chi connectivity index (χ0) is 15.5. The number of nitrogens with two attached hydrogens (primary N) is 1. The Morgan fingerprint density at radius 1 is 1.38 bits per heavy atom. The molecule has 1 aromatic rings. The molecule has 2 N–H and O–H groups in total. The summed E-state index contributed by atoms with van der Waals surface area (Å²) in [5.74, 6) is 0. The molecule has 0 aliphatic heterocycles. The molecule has 0 spiro atoms. The fourth-order valence-corrected chi connectivity index (χ4v) is 3.58. The van der Waals surface area contributed by atoms with Gasteiger partial charge in [-0.3, -0.25) is 9.88 Å². The van der Waals surface area contributed by atoms with Gasteiger partial charge in [0.1, 0.15) is 0 Å². The lowest BCUT2D eigenvalue weighted by atomic mass is 9.75. The van der Waals surface area contributed by atoms with Gasteiger partial charge in [-0.05, 0) is 56.2 Å². The van der Waals surface area contributed by atoms with Crippen LogP contribution in [0.1, 0.15) is 64.5 Å². The molecule has 2 rings (SSSR count). The zero-order valence-corrected chi connectivity index (χ0v) is 14.0. The van der Waals surface area contributed by atoms with Gasteiger partial charge in [0.25, 0.3) is 0 Å². The highest BCUT2D eigenvalue weighted by molar-refractivity contribution is 5.16. The Kier molecular flexibility index (Phi) is 5.39. The Labute approximate surface area is 129 Å². The number of pyridine rings is 1. The predicted molar refractivity (Wildman–Crippen MR) is 89.0 cm³/mol. The molecule has 1 fully saturated rings. The highest BCUT2D eigenvalue weighted by atomic mass is 15.2. The molecule has 1 aromatic heterocycles. The lowest BCUT2D eigenvalue weighted by Gasteiger charge is -2.43. The van der Waals surface area contributed by atoms with Gasteiger partial charge in [0, 0.05) is 24.5 Å². The molecule has 0 radical (unpaired) electrons. The van der Waals surface area contributed by atoms with Crippen LogP contribution in [0.2, 0.25) is 0 Å². The van der Waals surface area contributed by atoms with Crippen LogP contribution in [-0.4, -0.2) is 29.0 Å². The van der Waals surface area contributed by atoms with E-state index in [9.17, 15) is 0 Å². The van der Waals surface area contributed by atoms with E-state index in [1.165, 1.54) is 31.2 Å². The highest BCUT2D eigenvalue weighted by Gasteiger charge is 2.33. The maximum Gasteiger partial charge on any atom is 0.0514 e. The summed E-state index contributed by atoms with van der Waals surface area (Å²) >= 11 is 0. The largest absolute Gasteiger partial charge is 0.326 e. The van der Waals surface area contributed by atoms with Crippen LogP contribution in [0.3, 0.4) is 0 Å². The van der Waals surface area contributed by atoms with Crippen LogP contribution >= 0.6 is 0 Å². The summed E-state index contributed by atoms with van der Waals surface area (Å²) in [6.07, 6.45) is 9.96. The van der Waals surface area contributed by atoms with Crippen LogP contribution in [0, 0.1) is 5.41 Å². The van der Waals surface area contributed by atoms with E-state index in [0.29, 0.717) is 11.5 Å². The maximum atomic E-state index is 6.44. The molecule has 2 unspecified atom stereocenters. The molecule has 3 heteroatoms. The molecule has 0 bridgehead atoms. The van der Waals surface area contributed by atoms with E-state index in [0.717, 1.165) is 6.42 Å². The summed E-state index contributed by atoms with van der Waals surface area (Å²) in [6.45, 7) is 6.95. The molecule has 118 valence electrons. The molecule has 3 nitrogen and oxygen atoms in total. The number of hydrogen-bond donors (Lipinski definition) is 1. The first-order chi connectivity index (χ1) is 9.94. The number of likely N-dealkylation sites (N-methyl/N-ethyl adjacent to an activating group) is 1. The molecule has 2 atom stereocenters. The Balaban J connectivity index is 2.14. The van der Waals surface area contributed by atoms with Crippen LogP contribution < -0.4 is 5.73 Å². The van der Waals surface area contributed by atoms with Crippen molar-refractivity contribution in [2.75, 3.05) is 7.05 Å². The van der Waals surface area contributed by atoms with E-state index < -0.39 is 0 Å². The van der Waals surface area contributed by atoms with E-state index in [1.54, 1.807) is 0 Å². The molecule has 1 aliphatic carbocycles. The van der Waals surface area contributed by atoms with Crippen LogP contribution in [0.4, 0.5) is 0 Å². The minimum Gasteiger partial charge on any atom is -0.326 e. The van der Waals surface area contributed by atoms with E-state index in [2.05, 4.69) is 43.8 Å². The maximum absolute atomic E-state index is 6.44. The summed E-state index contributed by atoms with van der Waals surface area (Å²) in [5.41, 5.74) is 8.20. The van der Waals surface area contributed by atoms with Crippen molar-refractivity contribution in [2.24, 2.45) is 11.1 Å². The second-order valence-electron chi connectivity index (χ2n) is 7.36. The van der Waals surface area contributed by atoms with Gasteiger partial charge in [0.15, 0.2) is 0 Å². The van der Waals surface area contributed by atoms with Crippen LogP contribution in [-0.2, 0) is 0 Å². The summed E-state index contributed by atoms with van der Waals surface area (Å²) in [7, 11) is 2.25. The summed E-state index contributed by atoms with van der Waals surface area (Å²) in [4.78, 5) is 6.80. The van der Waals surface area contributed by atoms with Gasteiger partial charge in [-0.2, -0.15) is 0 Å². The van der Waals surface area contributed by atoms with Gasteiger partial charge < -0.3 is 5.73 Å². The number of aromatic nitrogens is 1. The molecule has 0 amide bonds. The average molecular weight is 289 g/mol. The van der Waals surface area contributed by atoms with E-state index in [1.807, 2.05) is 18.5 Å². The number of rotatable bonds is 5. The summed E-state index contributed by atoms with van der Waals surface area (Å²) in [6, 6.07) is 5.25. The van der Waals surface area contributed by atoms with E-state index in [4.69, 9.17) is 5.73 Å². The third-order valence-electron chi connectivity index (χ3n) is 5.23. The first-order valence-corrected chi connectivity index (χ1v) is 8.32. The van der Waals surface area contributed by atoms with Crippen molar-refractivity contribution in [1.82, 2.24) is 9.88 Å². The Morgan fingerprint density at radius 3 is 2.57 bits per heavy atom. The third kappa shape index (κ3) is 4.04. The van der Waals surface area contributed by atoms with Crippen LogP contribution in [0.5, 0.6) is 0 Å². The number of hydrogen-bond acceptors (Lipinski definition) is 3. The molecule has 21 heavy (non-hydrogen) atoms. The van der Waals surface area contributed by atoms with Crippen LogP contribution in [0.25, 0.3) is 0 Å². The standard InChI is InChI=1S/C18H31N3/c1-5-16(19)17(14-7-6-12-20-13-14)21(4)15-8-10-18(2,3)11-9-15/h6-7,12-13,15-17H,5,8-11,19H2,1-4H3. The topological polar surface area (TPSA) is 42.1 Å². The molecule has 1 saturated carbocycles. The smallest absolute Gasteiger partial charge is 0.0514 e. The van der Waals surface area contributed by atoms with E-state index >= 15 is 0 Å². The van der Waals surface area contributed by atoms with Crippen molar-refractivity contribution in [3.63, 3.8) is 0 Å². The third-order valence-corrected chi connectivity index (χ3v) is 5.23. The summed E-state index contributed by atoms with van der Waals surface area (Å²) < 4.78 is 0. The van der Waals surface area contributed by atoms with Crippen molar-refractivity contribution < 1.29 is 0 Å². The second-order valence-corrected chi connectivity index (χ2v) is 7.36. The van der Waals surface area contributed by atoms with Gasteiger partial charge in [-0.1, -0.05) is 26.8 Å². The van der Waals surface area contributed by atoms with Crippen molar-refractivity contribution in [1.29, 1.82) is 0 Å². The second kappa shape index (κ2) is 6.89. The monoisotopic (exact) mass is 289 g/mol. The SMILES string of the molecule is CCC(N)C(c1cccnc1)N(C)C1CCC(C)(C)CC1. The van der Waals surface area contributed by atoms with Crippen molar-refractivity contribution in [3.8, 4) is 0 Å². The fraction of sp³-hybridized carbons (Fsp3) is 0.722. The Bertz CT molecular complexity index is 419. The highest BCUT2D eigenvalue weighted by Crippen LogP contribution is 2.39. The van der Waals surface area contributed by atoms with Gasteiger partial charge in [0.05, 0.1) is 6.04 Å². The van der Waals surface area contributed by atoms with Crippen LogP contribution in [0.15, 0.2) is 24.5 Å². The quantitative estimate of drug-likeness (QED) is 0.897. The minimum atomic E-state index is 0.161. The zero-order valence-electron chi connectivity index (χ0n) is 14.0. The average Bonchev–Trinajstić information content (AvgIpc) is 2.48. The van der Waals surface area contributed by atoms with Crippen molar-refractivity contribution in [2.45, 2.75) is 71.0 Å². The lowest BCUT2D eigenvalue weighted by molar-refractivity contribution is 0.0824. The molecule has 1 aliphatic rings. The summed E-state index contributed by atoms with van der Waals surface area (Å²) in [5, 5.41) is 0. The first-order valence-electron chi connectivity index (χ1n) is 8.32. The molecule has 0 aromatic carbocycles. The number of nitrogens with zero attached hydrogens (tertiary/aromatic N) is 2. The van der Waals surface area contributed by atoms with E-state index in [-0.39, 0.29) is 12.1 Å². The molecular weight excluding hydrogens is 258 g/mol. The molecular formula is C18H31N3. The van der Waals surface area contributed by atoms with Gasteiger partial charge in [0.2, 0.25) is 0 Å². The predicted octanol–water partition coefficient (Wildman–Crippen LogP) is 3.76. The van der Waals surface area contributed by atoms with Gasteiger partial charge in [-0.25, -0.2) is 0 Å². The lowest BCUT2D eigenvalue weighted by Crippen LogP contribution is -2.45. The molecule has 1 heterocycles. The Morgan fingerprint density at radius 2 is 2.05 bits per heavy atom. The first kappa shape index (κ1) is 16.4. The van der Waals surface area contributed by atoms with Crippen molar-refractivity contribution >= 4 is 0 Å². The van der Waals surface area contributed by atoms with Gasteiger partial charge in [-0.15, -0.1) is 0 Å². The van der Waals surface area contributed by atoms with Crippen molar-refractivity contribution in [3.05, 3.63) is 30.1 Å². The Hall–Kier alpha value is -0.930. The fourth-order valence-electron chi connectivity index (χ4n) is 3.58. The molecule has 0 saturated heterocycles.